The van der Waals surface area contributed by atoms with Crippen LogP contribution in [0.15, 0.2) is 53.6 Å². The Kier molecular flexibility index (Phi) is 4.35. The number of carbonyl (C=O) groups excluding carboxylic acids is 1. The minimum Gasteiger partial charge on any atom is -0.465 e. The van der Waals surface area contributed by atoms with E-state index in [-0.39, 0.29) is 5.92 Å². The molecule has 1 aromatic carbocycles. The molecule has 0 spiro atoms. The average molecular weight is 404 g/mol. The van der Waals surface area contributed by atoms with Gasteiger partial charge in [0.15, 0.2) is 17.1 Å². The van der Waals surface area contributed by atoms with Crippen LogP contribution < -0.4 is 4.90 Å². The molecule has 0 saturated carbocycles. The van der Waals surface area contributed by atoms with E-state index in [1.807, 2.05) is 54.7 Å². The van der Waals surface area contributed by atoms with E-state index in [1.165, 1.54) is 7.11 Å². The Morgan fingerprint density at radius 1 is 1.30 bits per heavy atom. The van der Waals surface area contributed by atoms with Crippen LogP contribution in [-0.4, -0.2) is 44.5 Å². The molecule has 0 amide bonds. The van der Waals surface area contributed by atoms with Crippen molar-refractivity contribution in [2.45, 2.75) is 12.5 Å². The van der Waals surface area contributed by atoms with Crippen LogP contribution in [0.25, 0.3) is 11.3 Å². The van der Waals surface area contributed by atoms with Gasteiger partial charge in [-0.2, -0.15) is 5.10 Å². The van der Waals surface area contributed by atoms with Crippen molar-refractivity contribution < 1.29 is 14.1 Å². The molecule has 1 atom stereocenters. The average Bonchev–Trinajstić information content (AvgIpc) is 3.52. The summed E-state index contributed by atoms with van der Waals surface area (Å²) in [5.41, 5.74) is 4.07. The van der Waals surface area contributed by atoms with E-state index in [4.69, 9.17) is 9.26 Å². The van der Waals surface area contributed by atoms with Gasteiger partial charge in [-0.05, 0) is 0 Å². The standard InChI is InChI=1S/C21H20N6O3/c1-26-9-14(8-24-26)15-10-27(11-16-18(15)23-12-22-16)20-17(21(28)29-2)19(30-25-20)13-6-4-3-5-7-13/h3-9,12,15H,10-11H2,1-2H3,(H,22,23). The van der Waals surface area contributed by atoms with Gasteiger partial charge in [-0.15, -0.1) is 0 Å². The molecule has 9 heteroatoms. The zero-order valence-corrected chi connectivity index (χ0v) is 16.6. The van der Waals surface area contributed by atoms with Gasteiger partial charge in [0.25, 0.3) is 0 Å². The van der Waals surface area contributed by atoms with Gasteiger partial charge in [-0.3, -0.25) is 4.68 Å². The number of aromatic nitrogens is 5. The van der Waals surface area contributed by atoms with Crippen LogP contribution >= 0.6 is 0 Å². The van der Waals surface area contributed by atoms with Crippen molar-refractivity contribution in [2.24, 2.45) is 7.05 Å². The Bertz CT molecular complexity index is 1190. The number of methoxy groups -OCH3 is 1. The fraction of sp³-hybridized carbons (Fsp3) is 0.238. The molecule has 1 N–H and O–H groups in total. The molecule has 3 aromatic heterocycles. The summed E-state index contributed by atoms with van der Waals surface area (Å²) in [6, 6.07) is 9.42. The minimum atomic E-state index is -0.488. The molecule has 4 heterocycles. The fourth-order valence-corrected chi connectivity index (χ4v) is 3.94. The van der Waals surface area contributed by atoms with Crippen molar-refractivity contribution in [3.63, 3.8) is 0 Å². The van der Waals surface area contributed by atoms with E-state index in [1.54, 1.807) is 11.0 Å². The maximum Gasteiger partial charge on any atom is 0.345 e. The summed E-state index contributed by atoms with van der Waals surface area (Å²) in [6.45, 7) is 1.10. The Balaban J connectivity index is 1.59. The number of H-pyrrole nitrogens is 1. The van der Waals surface area contributed by atoms with Crippen LogP contribution in [0.5, 0.6) is 0 Å². The molecule has 5 rings (SSSR count). The Morgan fingerprint density at radius 3 is 2.87 bits per heavy atom. The number of rotatable bonds is 4. The summed E-state index contributed by atoms with van der Waals surface area (Å²) in [7, 11) is 3.24. The molecule has 0 fully saturated rings. The quantitative estimate of drug-likeness (QED) is 0.522. The van der Waals surface area contributed by atoms with E-state index < -0.39 is 5.97 Å². The Morgan fingerprint density at radius 2 is 2.13 bits per heavy atom. The summed E-state index contributed by atoms with van der Waals surface area (Å²) in [5.74, 6) is 0.343. The molecule has 9 nitrogen and oxygen atoms in total. The van der Waals surface area contributed by atoms with Gasteiger partial charge in [0.1, 0.15) is 0 Å². The lowest BCUT2D eigenvalue weighted by Crippen LogP contribution is -2.35. The van der Waals surface area contributed by atoms with Crippen LogP contribution in [0.3, 0.4) is 0 Å². The number of hydrogen-bond acceptors (Lipinski definition) is 7. The molecule has 0 bridgehead atoms. The second kappa shape index (κ2) is 7.18. The molecule has 4 aromatic rings. The van der Waals surface area contributed by atoms with Gasteiger partial charge in [0, 0.05) is 36.8 Å². The van der Waals surface area contributed by atoms with E-state index >= 15 is 0 Å². The fourth-order valence-electron chi connectivity index (χ4n) is 3.94. The smallest absolute Gasteiger partial charge is 0.345 e. The van der Waals surface area contributed by atoms with Crippen LogP contribution in [0, 0.1) is 0 Å². The van der Waals surface area contributed by atoms with E-state index in [9.17, 15) is 4.79 Å². The highest BCUT2D eigenvalue weighted by atomic mass is 16.5. The number of aromatic amines is 1. The lowest BCUT2D eigenvalue weighted by Gasteiger charge is -2.31. The van der Waals surface area contributed by atoms with Crippen molar-refractivity contribution in [3.05, 3.63) is 71.6 Å². The second-order valence-electron chi connectivity index (χ2n) is 7.21. The zero-order valence-electron chi connectivity index (χ0n) is 16.6. The molecule has 1 aliphatic rings. The van der Waals surface area contributed by atoms with Crippen molar-refractivity contribution in [1.29, 1.82) is 0 Å². The Labute approximate surface area is 172 Å². The molecule has 1 unspecified atom stereocenters. The third kappa shape index (κ3) is 2.95. The first-order chi connectivity index (χ1) is 14.7. The lowest BCUT2D eigenvalue weighted by atomic mass is 9.93. The molecule has 152 valence electrons. The number of hydrogen-bond donors (Lipinski definition) is 1. The number of imidazole rings is 1. The molecule has 0 saturated heterocycles. The number of fused-ring (bicyclic) bond motifs is 1. The van der Waals surface area contributed by atoms with Crippen LogP contribution in [0.1, 0.15) is 33.2 Å². The third-order valence-electron chi connectivity index (χ3n) is 5.36. The minimum absolute atomic E-state index is 0.0175. The summed E-state index contributed by atoms with van der Waals surface area (Å²) in [4.78, 5) is 22.4. The molecular weight excluding hydrogens is 384 g/mol. The van der Waals surface area contributed by atoms with Gasteiger partial charge in [0.05, 0.1) is 37.6 Å². The molecular formula is C21H20N6O3. The lowest BCUT2D eigenvalue weighted by molar-refractivity contribution is 0.0601. The van der Waals surface area contributed by atoms with Crippen molar-refractivity contribution in [2.75, 3.05) is 18.6 Å². The maximum atomic E-state index is 12.7. The Hall–Kier alpha value is -3.88. The summed E-state index contributed by atoms with van der Waals surface area (Å²) >= 11 is 0. The first-order valence-corrected chi connectivity index (χ1v) is 9.54. The maximum absolute atomic E-state index is 12.7. The largest absolute Gasteiger partial charge is 0.465 e. The third-order valence-corrected chi connectivity index (χ3v) is 5.36. The monoisotopic (exact) mass is 404 g/mol. The number of benzene rings is 1. The highest BCUT2D eigenvalue weighted by Crippen LogP contribution is 2.37. The molecule has 30 heavy (non-hydrogen) atoms. The van der Waals surface area contributed by atoms with Gasteiger partial charge in [-0.25, -0.2) is 9.78 Å². The zero-order chi connectivity index (χ0) is 20.7. The van der Waals surface area contributed by atoms with E-state index in [0.29, 0.717) is 30.2 Å². The predicted molar refractivity (Wildman–Crippen MR) is 108 cm³/mol. The first-order valence-electron chi connectivity index (χ1n) is 9.54. The van der Waals surface area contributed by atoms with Crippen molar-refractivity contribution >= 4 is 11.8 Å². The molecule has 0 aliphatic carbocycles. The highest BCUT2D eigenvalue weighted by Gasteiger charge is 2.35. The molecule has 1 aliphatic heterocycles. The number of carbonyl (C=O) groups is 1. The second-order valence-corrected chi connectivity index (χ2v) is 7.21. The molecule has 0 radical (unpaired) electrons. The van der Waals surface area contributed by atoms with Gasteiger partial charge in [-0.1, -0.05) is 35.5 Å². The summed E-state index contributed by atoms with van der Waals surface area (Å²) < 4.78 is 12.5. The topological polar surface area (TPSA) is 102 Å². The highest BCUT2D eigenvalue weighted by molar-refractivity contribution is 6.00. The van der Waals surface area contributed by atoms with Crippen molar-refractivity contribution in [1.82, 2.24) is 24.9 Å². The van der Waals surface area contributed by atoms with E-state index in [0.717, 1.165) is 22.5 Å². The van der Waals surface area contributed by atoms with Crippen LogP contribution in [-0.2, 0) is 18.3 Å². The first kappa shape index (κ1) is 18.2. The number of esters is 1. The predicted octanol–water partition coefficient (Wildman–Crippen LogP) is 2.74. The summed E-state index contributed by atoms with van der Waals surface area (Å²) in [5, 5.41) is 8.57. The van der Waals surface area contributed by atoms with Gasteiger partial charge < -0.3 is 19.1 Å². The normalized spacial score (nSPS) is 15.8. The van der Waals surface area contributed by atoms with Gasteiger partial charge >= 0.3 is 5.97 Å². The van der Waals surface area contributed by atoms with Crippen molar-refractivity contribution in [3.8, 4) is 11.3 Å². The van der Waals surface area contributed by atoms with Gasteiger partial charge in [0.2, 0.25) is 0 Å². The summed E-state index contributed by atoms with van der Waals surface area (Å²) in [6.07, 6.45) is 5.51. The van der Waals surface area contributed by atoms with Crippen LogP contribution in [0.4, 0.5) is 5.82 Å². The number of nitrogens with zero attached hydrogens (tertiary/aromatic N) is 5. The number of aryl methyl sites for hydroxylation is 1. The number of anilines is 1. The van der Waals surface area contributed by atoms with Crippen LogP contribution in [0.2, 0.25) is 0 Å². The number of ether oxygens (including phenoxy) is 1. The van der Waals surface area contributed by atoms with E-state index in [2.05, 4.69) is 20.2 Å². The number of nitrogens with one attached hydrogen (secondary N) is 1. The SMILES string of the molecule is COC(=O)c1c(N2Cc3[nH]cnc3C(c3cnn(C)c3)C2)noc1-c1ccccc1.